The summed E-state index contributed by atoms with van der Waals surface area (Å²) in [5.74, 6) is 1.59. The number of hydrogen-bond donors (Lipinski definition) is 2. The SMILES string of the molecule is COc1ccc(-c2nc(NC(=O)c3cnc(C(C)C)[nH]3)sc2C)cc1. The van der Waals surface area contributed by atoms with Gasteiger partial charge in [0.1, 0.15) is 17.3 Å². The van der Waals surface area contributed by atoms with Gasteiger partial charge in [-0.25, -0.2) is 9.97 Å². The minimum atomic E-state index is -0.241. The largest absolute Gasteiger partial charge is 0.497 e. The lowest BCUT2D eigenvalue weighted by molar-refractivity contribution is 0.102. The lowest BCUT2D eigenvalue weighted by atomic mass is 10.1. The number of aromatic nitrogens is 3. The molecule has 2 N–H and O–H groups in total. The molecule has 2 heterocycles. The van der Waals surface area contributed by atoms with Gasteiger partial charge < -0.3 is 9.72 Å². The van der Waals surface area contributed by atoms with Crippen molar-refractivity contribution in [2.24, 2.45) is 0 Å². The van der Waals surface area contributed by atoms with Crippen LogP contribution in [0.25, 0.3) is 11.3 Å². The predicted molar refractivity (Wildman–Crippen MR) is 99.5 cm³/mol. The van der Waals surface area contributed by atoms with E-state index in [0.29, 0.717) is 10.8 Å². The molecule has 0 aliphatic heterocycles. The first-order valence-electron chi connectivity index (χ1n) is 7.96. The Morgan fingerprint density at radius 1 is 1.28 bits per heavy atom. The van der Waals surface area contributed by atoms with Crippen LogP contribution in [0, 0.1) is 6.92 Å². The molecule has 7 heteroatoms. The minimum absolute atomic E-state index is 0.241. The van der Waals surface area contributed by atoms with Crippen molar-refractivity contribution in [3.05, 3.63) is 46.9 Å². The van der Waals surface area contributed by atoms with E-state index in [0.717, 1.165) is 27.7 Å². The fourth-order valence-electron chi connectivity index (χ4n) is 2.38. The number of imidazole rings is 1. The number of rotatable bonds is 5. The molecule has 0 aliphatic rings. The monoisotopic (exact) mass is 356 g/mol. The fraction of sp³-hybridized carbons (Fsp3) is 0.278. The van der Waals surface area contributed by atoms with Gasteiger partial charge in [0.25, 0.3) is 5.91 Å². The lowest BCUT2D eigenvalue weighted by Gasteiger charge is -2.02. The Labute approximate surface area is 150 Å². The van der Waals surface area contributed by atoms with Crippen molar-refractivity contribution in [1.82, 2.24) is 15.0 Å². The smallest absolute Gasteiger partial charge is 0.275 e. The average molecular weight is 356 g/mol. The standard InChI is InChI=1S/C18H20N4O2S/c1-10(2)16-19-9-14(20-16)17(23)22-18-21-15(11(3)25-18)12-5-7-13(24-4)8-6-12/h5-10H,1-4H3,(H,19,20)(H,21,22,23). The number of methoxy groups -OCH3 is 1. The number of aryl methyl sites for hydroxylation is 1. The van der Waals surface area contributed by atoms with E-state index in [4.69, 9.17) is 4.74 Å². The van der Waals surface area contributed by atoms with Gasteiger partial charge in [-0.1, -0.05) is 13.8 Å². The Balaban J connectivity index is 1.78. The number of nitrogens with zero attached hydrogens (tertiary/aromatic N) is 2. The zero-order chi connectivity index (χ0) is 18.0. The number of thiazole rings is 1. The molecule has 0 radical (unpaired) electrons. The van der Waals surface area contributed by atoms with Crippen molar-refractivity contribution in [2.45, 2.75) is 26.7 Å². The number of benzene rings is 1. The van der Waals surface area contributed by atoms with Crippen LogP contribution >= 0.6 is 11.3 Å². The van der Waals surface area contributed by atoms with Crippen molar-refractivity contribution in [3.63, 3.8) is 0 Å². The van der Waals surface area contributed by atoms with E-state index in [1.54, 1.807) is 13.3 Å². The second-order valence-corrected chi connectivity index (χ2v) is 7.15. The molecule has 0 fully saturated rings. The van der Waals surface area contributed by atoms with E-state index in [-0.39, 0.29) is 11.8 Å². The predicted octanol–water partition coefficient (Wildman–Crippen LogP) is 4.23. The molecule has 2 aromatic heterocycles. The van der Waals surface area contributed by atoms with E-state index in [2.05, 4.69) is 20.3 Å². The molecule has 6 nitrogen and oxygen atoms in total. The molecule has 0 atom stereocenters. The van der Waals surface area contributed by atoms with E-state index >= 15 is 0 Å². The minimum Gasteiger partial charge on any atom is -0.497 e. The zero-order valence-corrected chi connectivity index (χ0v) is 15.4. The van der Waals surface area contributed by atoms with Crippen LogP contribution in [-0.4, -0.2) is 28.0 Å². The fourth-order valence-corrected chi connectivity index (χ4v) is 3.21. The van der Waals surface area contributed by atoms with Gasteiger partial charge in [-0.3, -0.25) is 10.1 Å². The van der Waals surface area contributed by atoms with Crippen molar-refractivity contribution >= 4 is 22.4 Å². The molecule has 0 bridgehead atoms. The Morgan fingerprint density at radius 2 is 2.00 bits per heavy atom. The first-order chi connectivity index (χ1) is 12.0. The first kappa shape index (κ1) is 17.2. The maximum absolute atomic E-state index is 12.4. The van der Waals surface area contributed by atoms with Crippen LogP contribution in [0.5, 0.6) is 5.75 Å². The summed E-state index contributed by atoms with van der Waals surface area (Å²) in [5.41, 5.74) is 2.27. The van der Waals surface area contributed by atoms with Crippen molar-refractivity contribution < 1.29 is 9.53 Å². The molecular weight excluding hydrogens is 336 g/mol. The van der Waals surface area contributed by atoms with Gasteiger partial charge in [0.15, 0.2) is 5.13 Å². The average Bonchev–Trinajstić information content (AvgIpc) is 3.22. The maximum atomic E-state index is 12.4. The van der Waals surface area contributed by atoms with Gasteiger partial charge in [0, 0.05) is 16.4 Å². The highest BCUT2D eigenvalue weighted by atomic mass is 32.1. The summed E-state index contributed by atoms with van der Waals surface area (Å²) in [7, 11) is 1.64. The highest BCUT2D eigenvalue weighted by Gasteiger charge is 2.15. The Morgan fingerprint density at radius 3 is 2.60 bits per heavy atom. The summed E-state index contributed by atoms with van der Waals surface area (Å²) in [6, 6.07) is 7.70. The molecule has 130 valence electrons. The maximum Gasteiger partial charge on any atom is 0.275 e. The molecule has 0 unspecified atom stereocenters. The Bertz CT molecular complexity index is 881. The molecule has 3 rings (SSSR count). The third-order valence-electron chi connectivity index (χ3n) is 3.77. The van der Waals surface area contributed by atoms with E-state index in [9.17, 15) is 4.79 Å². The molecule has 25 heavy (non-hydrogen) atoms. The van der Waals surface area contributed by atoms with E-state index < -0.39 is 0 Å². The number of anilines is 1. The van der Waals surface area contributed by atoms with Gasteiger partial charge >= 0.3 is 0 Å². The van der Waals surface area contributed by atoms with Crippen LogP contribution in [0.4, 0.5) is 5.13 Å². The number of ether oxygens (including phenoxy) is 1. The van der Waals surface area contributed by atoms with E-state index in [1.807, 2.05) is 45.0 Å². The third kappa shape index (κ3) is 3.71. The number of hydrogen-bond acceptors (Lipinski definition) is 5. The molecule has 0 spiro atoms. The van der Waals surface area contributed by atoms with Crippen LogP contribution in [0.2, 0.25) is 0 Å². The first-order valence-corrected chi connectivity index (χ1v) is 8.77. The third-order valence-corrected chi connectivity index (χ3v) is 4.65. The van der Waals surface area contributed by atoms with Crippen LogP contribution in [0.1, 0.15) is 41.0 Å². The van der Waals surface area contributed by atoms with Gasteiger partial charge in [-0.15, -0.1) is 11.3 Å². The second kappa shape index (κ2) is 7.06. The summed E-state index contributed by atoms with van der Waals surface area (Å²) in [6.45, 7) is 6.03. The van der Waals surface area contributed by atoms with Crippen molar-refractivity contribution in [3.8, 4) is 17.0 Å². The molecule has 1 amide bonds. The number of nitrogens with one attached hydrogen (secondary N) is 2. The van der Waals surface area contributed by atoms with Crippen LogP contribution < -0.4 is 10.1 Å². The Kier molecular flexibility index (Phi) is 4.85. The number of carbonyl (C=O) groups excluding carboxylic acids is 1. The van der Waals surface area contributed by atoms with Crippen LogP contribution in [0.3, 0.4) is 0 Å². The van der Waals surface area contributed by atoms with Gasteiger partial charge in [0.2, 0.25) is 0 Å². The number of aromatic amines is 1. The summed E-state index contributed by atoms with van der Waals surface area (Å²) >= 11 is 1.45. The van der Waals surface area contributed by atoms with Gasteiger partial charge in [-0.05, 0) is 31.2 Å². The number of amides is 1. The summed E-state index contributed by atoms with van der Waals surface area (Å²) < 4.78 is 5.18. The number of carbonyl (C=O) groups is 1. The highest BCUT2D eigenvalue weighted by molar-refractivity contribution is 7.16. The quantitative estimate of drug-likeness (QED) is 0.717. The lowest BCUT2D eigenvalue weighted by Crippen LogP contribution is -2.12. The van der Waals surface area contributed by atoms with Crippen molar-refractivity contribution in [1.29, 1.82) is 0 Å². The molecular formula is C18H20N4O2S. The Hall–Kier alpha value is -2.67. The highest BCUT2D eigenvalue weighted by Crippen LogP contribution is 2.31. The van der Waals surface area contributed by atoms with Crippen LogP contribution in [-0.2, 0) is 0 Å². The van der Waals surface area contributed by atoms with Crippen molar-refractivity contribution in [2.75, 3.05) is 12.4 Å². The molecule has 0 saturated heterocycles. The van der Waals surface area contributed by atoms with Gasteiger partial charge in [-0.2, -0.15) is 0 Å². The van der Waals surface area contributed by atoms with Gasteiger partial charge in [0.05, 0.1) is 19.0 Å². The summed E-state index contributed by atoms with van der Waals surface area (Å²) in [6.07, 6.45) is 1.55. The normalized spacial score (nSPS) is 10.9. The topological polar surface area (TPSA) is 79.9 Å². The summed E-state index contributed by atoms with van der Waals surface area (Å²) in [5, 5.41) is 3.40. The van der Waals surface area contributed by atoms with Crippen LogP contribution in [0.15, 0.2) is 30.5 Å². The zero-order valence-electron chi connectivity index (χ0n) is 14.6. The molecule has 0 aliphatic carbocycles. The molecule has 0 saturated carbocycles. The molecule has 1 aromatic carbocycles. The second-order valence-electron chi connectivity index (χ2n) is 5.94. The number of H-pyrrole nitrogens is 1. The van der Waals surface area contributed by atoms with E-state index in [1.165, 1.54) is 11.3 Å². The molecule has 3 aromatic rings. The summed E-state index contributed by atoms with van der Waals surface area (Å²) in [4.78, 5) is 25.2.